The molecule has 0 bridgehead atoms. The van der Waals surface area contributed by atoms with Gasteiger partial charge in [0.1, 0.15) is 0 Å². The number of hydrogen-bond acceptors (Lipinski definition) is 5. The molecule has 0 aromatic heterocycles. The van der Waals surface area contributed by atoms with Gasteiger partial charge in [0.05, 0.1) is 21.7 Å². The molecule has 8 heteroatoms. The summed E-state index contributed by atoms with van der Waals surface area (Å²) in [6, 6.07) is 11.0. The summed E-state index contributed by atoms with van der Waals surface area (Å²) >= 11 is 0. The number of nitro benzene ring substituents is 1. The first-order chi connectivity index (χ1) is 12.9. The summed E-state index contributed by atoms with van der Waals surface area (Å²) in [7, 11) is 3.49. The normalized spacial score (nSPS) is 13.0. The molecule has 1 aliphatic rings. The Morgan fingerprint density at radius 2 is 1.78 bits per heavy atom. The van der Waals surface area contributed by atoms with Crippen molar-refractivity contribution in [1.82, 2.24) is 5.32 Å². The van der Waals surface area contributed by atoms with E-state index in [9.17, 15) is 19.7 Å². The van der Waals surface area contributed by atoms with Gasteiger partial charge in [-0.1, -0.05) is 12.1 Å². The van der Waals surface area contributed by atoms with Crippen molar-refractivity contribution in [2.75, 3.05) is 24.3 Å². The SMILES string of the molecule is CN(C)c1ccc([N+](=O)[O-])cc1C(=O)Nc1ccccc1C(=O)NC1CC1. The molecular formula is C19H20N4O4. The Balaban J connectivity index is 1.90. The highest BCUT2D eigenvalue weighted by Crippen LogP contribution is 2.26. The highest BCUT2D eigenvalue weighted by atomic mass is 16.6. The zero-order valence-electron chi connectivity index (χ0n) is 15.1. The summed E-state index contributed by atoms with van der Waals surface area (Å²) in [5, 5.41) is 16.7. The zero-order valence-corrected chi connectivity index (χ0v) is 15.1. The molecule has 2 aromatic rings. The molecule has 27 heavy (non-hydrogen) atoms. The van der Waals surface area contributed by atoms with Crippen LogP contribution in [0.2, 0.25) is 0 Å². The number of nitrogens with one attached hydrogen (secondary N) is 2. The number of hydrogen-bond donors (Lipinski definition) is 2. The molecule has 2 N–H and O–H groups in total. The maximum Gasteiger partial charge on any atom is 0.270 e. The number of benzene rings is 2. The summed E-state index contributed by atoms with van der Waals surface area (Å²) in [4.78, 5) is 37.4. The number of para-hydroxylation sites is 1. The van der Waals surface area contributed by atoms with Crippen molar-refractivity contribution in [2.24, 2.45) is 0 Å². The fourth-order valence-electron chi connectivity index (χ4n) is 2.68. The number of nitro groups is 1. The average Bonchev–Trinajstić information content (AvgIpc) is 3.45. The summed E-state index contributed by atoms with van der Waals surface area (Å²) in [6.45, 7) is 0. The van der Waals surface area contributed by atoms with Crippen LogP contribution in [0.5, 0.6) is 0 Å². The van der Waals surface area contributed by atoms with Crippen LogP contribution in [-0.2, 0) is 0 Å². The van der Waals surface area contributed by atoms with Crippen LogP contribution in [0.4, 0.5) is 17.1 Å². The number of amides is 2. The minimum atomic E-state index is -0.548. The van der Waals surface area contributed by atoms with Crippen molar-refractivity contribution in [3.8, 4) is 0 Å². The Kier molecular flexibility index (Phi) is 5.07. The number of anilines is 2. The second kappa shape index (κ2) is 7.45. The van der Waals surface area contributed by atoms with E-state index in [2.05, 4.69) is 10.6 Å². The molecular weight excluding hydrogens is 348 g/mol. The molecule has 0 spiro atoms. The number of non-ortho nitro benzene ring substituents is 1. The van der Waals surface area contributed by atoms with Gasteiger partial charge < -0.3 is 15.5 Å². The lowest BCUT2D eigenvalue weighted by atomic mass is 10.1. The van der Waals surface area contributed by atoms with E-state index in [0.29, 0.717) is 16.9 Å². The van der Waals surface area contributed by atoms with Crippen LogP contribution in [-0.4, -0.2) is 36.9 Å². The van der Waals surface area contributed by atoms with Crippen LogP contribution >= 0.6 is 0 Å². The first-order valence-corrected chi connectivity index (χ1v) is 8.54. The predicted molar refractivity (Wildman–Crippen MR) is 102 cm³/mol. The number of nitrogens with zero attached hydrogens (tertiary/aromatic N) is 2. The van der Waals surface area contributed by atoms with Crippen LogP contribution < -0.4 is 15.5 Å². The molecule has 3 rings (SSSR count). The minimum absolute atomic E-state index is 0.159. The molecule has 8 nitrogen and oxygen atoms in total. The second-order valence-corrected chi connectivity index (χ2v) is 6.60. The number of carbonyl (C=O) groups is 2. The molecule has 0 atom stereocenters. The van der Waals surface area contributed by atoms with Crippen LogP contribution in [0, 0.1) is 10.1 Å². The Labute approximate surface area is 156 Å². The smallest absolute Gasteiger partial charge is 0.270 e. The van der Waals surface area contributed by atoms with Crippen LogP contribution in [0.1, 0.15) is 33.6 Å². The van der Waals surface area contributed by atoms with E-state index in [1.165, 1.54) is 18.2 Å². The molecule has 1 fully saturated rings. The zero-order chi connectivity index (χ0) is 19.6. The molecule has 140 valence electrons. The van der Waals surface area contributed by atoms with Gasteiger partial charge >= 0.3 is 0 Å². The topological polar surface area (TPSA) is 105 Å². The van der Waals surface area contributed by atoms with Crippen LogP contribution in [0.3, 0.4) is 0 Å². The monoisotopic (exact) mass is 368 g/mol. The fourth-order valence-corrected chi connectivity index (χ4v) is 2.68. The quantitative estimate of drug-likeness (QED) is 0.603. The van der Waals surface area contributed by atoms with Gasteiger partial charge in [-0.2, -0.15) is 0 Å². The van der Waals surface area contributed by atoms with Crippen LogP contribution in [0.25, 0.3) is 0 Å². The van der Waals surface area contributed by atoms with E-state index in [1.807, 2.05) is 0 Å². The van der Waals surface area contributed by atoms with E-state index >= 15 is 0 Å². The van der Waals surface area contributed by atoms with Gasteiger partial charge in [-0.3, -0.25) is 19.7 Å². The van der Waals surface area contributed by atoms with Gasteiger partial charge in [-0.05, 0) is 31.0 Å². The van der Waals surface area contributed by atoms with Crippen molar-refractivity contribution >= 4 is 28.9 Å². The first-order valence-electron chi connectivity index (χ1n) is 8.54. The Morgan fingerprint density at radius 3 is 2.41 bits per heavy atom. The summed E-state index contributed by atoms with van der Waals surface area (Å²) in [5.41, 5.74) is 1.24. The average molecular weight is 368 g/mol. The number of rotatable bonds is 6. The number of carbonyl (C=O) groups excluding carboxylic acids is 2. The molecule has 1 saturated carbocycles. The van der Waals surface area contributed by atoms with Crippen molar-refractivity contribution < 1.29 is 14.5 Å². The lowest BCUT2D eigenvalue weighted by molar-refractivity contribution is -0.384. The lowest BCUT2D eigenvalue weighted by Gasteiger charge is -2.17. The van der Waals surface area contributed by atoms with Gasteiger partial charge in [0.2, 0.25) is 0 Å². The van der Waals surface area contributed by atoms with Gasteiger partial charge in [0.15, 0.2) is 0 Å². The van der Waals surface area contributed by atoms with Crippen molar-refractivity contribution in [3.63, 3.8) is 0 Å². The molecule has 0 saturated heterocycles. The van der Waals surface area contributed by atoms with E-state index in [1.54, 1.807) is 43.3 Å². The largest absolute Gasteiger partial charge is 0.377 e. The Bertz CT molecular complexity index is 906. The standard InChI is InChI=1S/C19H20N4O4/c1-22(2)17-10-9-13(23(26)27)11-15(17)19(25)21-16-6-4-3-5-14(16)18(24)20-12-7-8-12/h3-6,9-12H,7-8H2,1-2H3,(H,20,24)(H,21,25). The van der Waals surface area contributed by atoms with Crippen molar-refractivity contribution in [3.05, 3.63) is 63.7 Å². The second-order valence-electron chi connectivity index (χ2n) is 6.60. The third-order valence-electron chi connectivity index (χ3n) is 4.25. The lowest BCUT2D eigenvalue weighted by Crippen LogP contribution is -2.27. The van der Waals surface area contributed by atoms with Crippen LogP contribution in [0.15, 0.2) is 42.5 Å². The fraction of sp³-hybridized carbons (Fsp3) is 0.263. The third-order valence-corrected chi connectivity index (χ3v) is 4.25. The molecule has 2 amide bonds. The van der Waals surface area contributed by atoms with E-state index < -0.39 is 10.8 Å². The van der Waals surface area contributed by atoms with Gasteiger partial charge in [-0.25, -0.2) is 0 Å². The molecule has 2 aromatic carbocycles. The molecule has 0 heterocycles. The minimum Gasteiger partial charge on any atom is -0.377 e. The van der Waals surface area contributed by atoms with Crippen molar-refractivity contribution in [2.45, 2.75) is 18.9 Å². The Morgan fingerprint density at radius 1 is 1.07 bits per heavy atom. The first kappa shape index (κ1) is 18.4. The van der Waals surface area contributed by atoms with Crippen molar-refractivity contribution in [1.29, 1.82) is 0 Å². The van der Waals surface area contributed by atoms with Gasteiger partial charge in [0, 0.05) is 38.0 Å². The van der Waals surface area contributed by atoms with E-state index in [0.717, 1.165) is 12.8 Å². The van der Waals surface area contributed by atoms with E-state index in [4.69, 9.17) is 0 Å². The maximum absolute atomic E-state index is 12.8. The highest BCUT2D eigenvalue weighted by molar-refractivity contribution is 6.11. The summed E-state index contributed by atoms with van der Waals surface area (Å²) in [6.07, 6.45) is 1.92. The van der Waals surface area contributed by atoms with Gasteiger partial charge in [0.25, 0.3) is 17.5 Å². The molecule has 1 aliphatic carbocycles. The predicted octanol–water partition coefficient (Wildman–Crippen LogP) is 2.81. The van der Waals surface area contributed by atoms with Gasteiger partial charge in [-0.15, -0.1) is 0 Å². The third kappa shape index (κ3) is 4.22. The Hall–Kier alpha value is -3.42. The molecule has 0 unspecified atom stereocenters. The highest BCUT2D eigenvalue weighted by Gasteiger charge is 2.25. The van der Waals surface area contributed by atoms with E-state index in [-0.39, 0.29) is 23.2 Å². The summed E-state index contributed by atoms with van der Waals surface area (Å²) in [5.74, 6) is -0.769. The molecule has 0 aliphatic heterocycles. The molecule has 0 radical (unpaired) electrons. The maximum atomic E-state index is 12.8. The summed E-state index contributed by atoms with van der Waals surface area (Å²) < 4.78 is 0.